The number of aryl methyl sites for hydroxylation is 1. The third kappa shape index (κ3) is 4.31. The van der Waals surface area contributed by atoms with Crippen LogP contribution in [0.3, 0.4) is 0 Å². The Morgan fingerprint density at radius 1 is 1.25 bits per heavy atom. The van der Waals surface area contributed by atoms with E-state index in [9.17, 15) is 9.90 Å². The highest BCUT2D eigenvalue weighted by Crippen LogP contribution is 2.24. The highest BCUT2D eigenvalue weighted by molar-refractivity contribution is 5.90. The maximum absolute atomic E-state index is 12.3. The summed E-state index contributed by atoms with van der Waals surface area (Å²) in [5.41, 5.74) is 3.93. The first-order valence-corrected chi connectivity index (χ1v) is 9.63. The number of hydrogen-bond acceptors (Lipinski definition) is 6. The molecule has 2 aromatic rings. The van der Waals surface area contributed by atoms with Gasteiger partial charge in [0.25, 0.3) is 5.91 Å². The molecule has 3 rings (SSSR count). The molecule has 0 spiro atoms. The lowest BCUT2D eigenvalue weighted by Crippen LogP contribution is -2.33. The number of hydrogen-bond donors (Lipinski definition) is 2. The molecule has 1 aromatic heterocycles. The third-order valence-electron chi connectivity index (χ3n) is 5.32. The van der Waals surface area contributed by atoms with E-state index >= 15 is 0 Å². The molecule has 1 amide bonds. The summed E-state index contributed by atoms with van der Waals surface area (Å²) in [4.78, 5) is 25.0. The number of nitrogens with one attached hydrogen (secondary N) is 1. The van der Waals surface area contributed by atoms with Crippen LogP contribution in [-0.2, 0) is 13.2 Å². The Bertz CT molecular complexity index is 853. The largest absolute Gasteiger partial charge is 0.392 e. The van der Waals surface area contributed by atoms with E-state index in [0.717, 1.165) is 54.3 Å². The number of aliphatic hydroxyl groups is 1. The number of nitrogens with zero attached hydrogens (tertiary/aromatic N) is 4. The molecule has 2 heterocycles. The molecule has 1 saturated heterocycles. The molecule has 1 aliphatic rings. The van der Waals surface area contributed by atoms with Crippen molar-refractivity contribution in [2.45, 2.75) is 39.5 Å². The second-order valence-corrected chi connectivity index (χ2v) is 7.52. The van der Waals surface area contributed by atoms with Crippen molar-refractivity contribution in [1.29, 1.82) is 0 Å². The molecule has 7 heteroatoms. The van der Waals surface area contributed by atoms with Crippen molar-refractivity contribution in [2.75, 3.05) is 32.1 Å². The summed E-state index contributed by atoms with van der Waals surface area (Å²) in [5.74, 6) is 0.910. The molecular formula is C21H29N5O2. The molecule has 1 fully saturated rings. The molecule has 150 valence electrons. The van der Waals surface area contributed by atoms with Crippen molar-refractivity contribution >= 4 is 11.7 Å². The van der Waals surface area contributed by atoms with E-state index in [2.05, 4.69) is 20.2 Å². The van der Waals surface area contributed by atoms with Crippen LogP contribution in [0.25, 0.3) is 0 Å². The zero-order valence-electron chi connectivity index (χ0n) is 17.1. The van der Waals surface area contributed by atoms with Gasteiger partial charge >= 0.3 is 0 Å². The van der Waals surface area contributed by atoms with Crippen molar-refractivity contribution in [3.63, 3.8) is 0 Å². The van der Waals surface area contributed by atoms with Crippen molar-refractivity contribution in [1.82, 2.24) is 20.2 Å². The summed E-state index contributed by atoms with van der Waals surface area (Å²) in [5, 5.41) is 13.1. The van der Waals surface area contributed by atoms with Crippen molar-refractivity contribution < 1.29 is 9.90 Å². The molecule has 0 bridgehead atoms. The van der Waals surface area contributed by atoms with Crippen LogP contribution < -0.4 is 10.2 Å². The third-order valence-corrected chi connectivity index (χ3v) is 5.32. The van der Waals surface area contributed by atoms with Crippen LogP contribution >= 0.6 is 0 Å². The first-order chi connectivity index (χ1) is 13.4. The Kier molecular flexibility index (Phi) is 6.26. The van der Waals surface area contributed by atoms with Crippen LogP contribution in [-0.4, -0.2) is 59.1 Å². The first kappa shape index (κ1) is 20.2. The van der Waals surface area contributed by atoms with E-state index in [1.807, 2.05) is 38.1 Å². The fourth-order valence-electron chi connectivity index (χ4n) is 3.47. The van der Waals surface area contributed by atoms with Crippen LogP contribution in [0.4, 0.5) is 5.82 Å². The average molecular weight is 383 g/mol. The summed E-state index contributed by atoms with van der Waals surface area (Å²) in [6, 6.07) is 8.26. The Labute approximate surface area is 166 Å². The second-order valence-electron chi connectivity index (χ2n) is 7.52. The van der Waals surface area contributed by atoms with Crippen LogP contribution in [0.5, 0.6) is 0 Å². The molecule has 1 aliphatic heterocycles. The van der Waals surface area contributed by atoms with E-state index in [4.69, 9.17) is 0 Å². The van der Waals surface area contributed by atoms with Gasteiger partial charge in [0.2, 0.25) is 5.82 Å². The minimum atomic E-state index is -0.182. The van der Waals surface area contributed by atoms with Gasteiger partial charge in [-0.1, -0.05) is 24.3 Å². The summed E-state index contributed by atoms with van der Waals surface area (Å²) >= 11 is 0. The maximum Gasteiger partial charge on any atom is 0.291 e. The lowest BCUT2D eigenvalue weighted by molar-refractivity contribution is 0.0815. The number of rotatable bonds is 6. The van der Waals surface area contributed by atoms with E-state index in [-0.39, 0.29) is 18.3 Å². The number of carbonyl (C=O) groups is 1. The lowest BCUT2D eigenvalue weighted by atomic mass is 10.1. The van der Waals surface area contributed by atoms with E-state index in [1.54, 1.807) is 14.1 Å². The van der Waals surface area contributed by atoms with Gasteiger partial charge in [-0.05, 0) is 31.4 Å². The monoisotopic (exact) mass is 383 g/mol. The highest BCUT2D eigenvalue weighted by atomic mass is 16.3. The number of carbonyl (C=O) groups excluding carboxylic acids is 1. The molecule has 0 saturated carbocycles. The second kappa shape index (κ2) is 8.67. The van der Waals surface area contributed by atoms with Gasteiger partial charge in [-0.2, -0.15) is 0 Å². The van der Waals surface area contributed by atoms with Crippen molar-refractivity contribution in [3.05, 3.63) is 52.5 Å². The Morgan fingerprint density at radius 3 is 2.64 bits per heavy atom. The molecule has 1 aromatic carbocycles. The maximum atomic E-state index is 12.3. The minimum Gasteiger partial charge on any atom is -0.392 e. The molecule has 0 aliphatic carbocycles. The number of aromatic nitrogens is 2. The Hall–Kier alpha value is -2.51. The molecular weight excluding hydrogens is 354 g/mol. The Balaban J connectivity index is 1.70. The average Bonchev–Trinajstić information content (AvgIpc) is 3.16. The zero-order chi connectivity index (χ0) is 20.3. The normalized spacial score (nSPS) is 16.5. The van der Waals surface area contributed by atoms with E-state index < -0.39 is 0 Å². The van der Waals surface area contributed by atoms with Gasteiger partial charge in [-0.15, -0.1) is 0 Å². The van der Waals surface area contributed by atoms with Crippen molar-refractivity contribution in [3.8, 4) is 0 Å². The highest BCUT2D eigenvalue weighted by Gasteiger charge is 2.26. The van der Waals surface area contributed by atoms with Gasteiger partial charge in [0, 0.05) is 51.0 Å². The SMILES string of the molecule is Cc1nc(C(=O)N(C)C)nc(N2CC[C@@H](NCc3ccccc3CO)C2)c1C. The summed E-state index contributed by atoms with van der Waals surface area (Å²) < 4.78 is 0. The van der Waals surface area contributed by atoms with Crippen LogP contribution in [0.1, 0.15) is 39.4 Å². The van der Waals surface area contributed by atoms with E-state index in [0.29, 0.717) is 6.04 Å². The number of anilines is 1. The zero-order valence-corrected chi connectivity index (χ0v) is 17.1. The first-order valence-electron chi connectivity index (χ1n) is 9.63. The predicted molar refractivity (Wildman–Crippen MR) is 109 cm³/mol. The van der Waals surface area contributed by atoms with Crippen LogP contribution in [0.2, 0.25) is 0 Å². The molecule has 28 heavy (non-hydrogen) atoms. The minimum absolute atomic E-state index is 0.0523. The predicted octanol–water partition coefficient (Wildman–Crippen LogP) is 1.66. The number of amides is 1. The molecule has 2 N–H and O–H groups in total. The summed E-state index contributed by atoms with van der Waals surface area (Å²) in [6.45, 7) is 6.41. The quantitative estimate of drug-likeness (QED) is 0.790. The molecule has 7 nitrogen and oxygen atoms in total. The van der Waals surface area contributed by atoms with Gasteiger partial charge in [0.1, 0.15) is 5.82 Å². The van der Waals surface area contributed by atoms with Gasteiger partial charge < -0.3 is 20.2 Å². The Morgan fingerprint density at radius 2 is 1.96 bits per heavy atom. The van der Waals surface area contributed by atoms with Crippen LogP contribution in [0.15, 0.2) is 24.3 Å². The van der Waals surface area contributed by atoms with Crippen LogP contribution in [0, 0.1) is 13.8 Å². The van der Waals surface area contributed by atoms with Gasteiger partial charge in [0.05, 0.1) is 6.61 Å². The number of aliphatic hydroxyl groups excluding tert-OH is 1. The summed E-state index contributed by atoms with van der Waals surface area (Å²) in [6.07, 6.45) is 1.00. The molecule has 0 unspecified atom stereocenters. The standard InChI is InChI=1S/C21H29N5O2/c1-14-15(2)23-19(21(28)25(3)4)24-20(14)26-10-9-18(12-26)22-11-16-7-5-6-8-17(16)13-27/h5-8,18,22,27H,9-13H2,1-4H3/t18-/m1/s1. The van der Waals surface area contributed by atoms with Gasteiger partial charge in [-0.3, -0.25) is 4.79 Å². The van der Waals surface area contributed by atoms with Gasteiger partial charge in [-0.25, -0.2) is 9.97 Å². The molecule has 1 atom stereocenters. The summed E-state index contributed by atoms with van der Waals surface area (Å²) in [7, 11) is 3.42. The lowest BCUT2D eigenvalue weighted by Gasteiger charge is -2.22. The van der Waals surface area contributed by atoms with E-state index in [1.165, 1.54) is 4.90 Å². The van der Waals surface area contributed by atoms with Gasteiger partial charge in [0.15, 0.2) is 0 Å². The fraction of sp³-hybridized carbons (Fsp3) is 0.476. The fourth-order valence-corrected chi connectivity index (χ4v) is 3.47. The van der Waals surface area contributed by atoms with Crippen molar-refractivity contribution in [2.24, 2.45) is 0 Å². The topological polar surface area (TPSA) is 81.6 Å². The number of benzene rings is 1. The smallest absolute Gasteiger partial charge is 0.291 e. The molecule has 0 radical (unpaired) electrons.